The van der Waals surface area contributed by atoms with Crippen LogP contribution in [-0.2, 0) is 0 Å². The second-order valence-electron chi connectivity index (χ2n) is 6.51. The molecule has 1 saturated heterocycles. The molecule has 1 aliphatic heterocycles. The Kier molecular flexibility index (Phi) is 6.76. The Morgan fingerprint density at radius 2 is 1.70 bits per heavy atom. The van der Waals surface area contributed by atoms with Gasteiger partial charge in [0.15, 0.2) is 0 Å². The van der Waals surface area contributed by atoms with Crippen molar-refractivity contribution < 1.29 is 9.32 Å². The number of piperazine rings is 1. The summed E-state index contributed by atoms with van der Waals surface area (Å²) in [5.74, 6) is 2.33. The van der Waals surface area contributed by atoms with E-state index in [4.69, 9.17) is 4.52 Å². The minimum absolute atomic E-state index is 0.0509. The molecule has 0 bridgehead atoms. The quantitative estimate of drug-likeness (QED) is 0.804. The first kappa shape index (κ1) is 20.7. The lowest BCUT2D eigenvalue weighted by Gasteiger charge is -2.36. The maximum absolute atomic E-state index is 12.1. The number of aromatic nitrogens is 3. The molecule has 8 nitrogen and oxygen atoms in total. The van der Waals surface area contributed by atoms with E-state index < -0.39 is 0 Å². The summed E-state index contributed by atoms with van der Waals surface area (Å²) in [6.45, 7) is 12.5. The lowest BCUT2D eigenvalue weighted by Crippen LogP contribution is -2.51. The standard InChI is InChI=1S/C17H24N6O2.C2H6/c1-11-16(12(2)25-20-11)14-10-15(19-13(3)18-14)22-6-8-23(9-7-22)17(24)21(4)5;1-2/h10H,6-9H2,1-5H3;1-2H3. The van der Waals surface area contributed by atoms with Crippen molar-refractivity contribution in [2.75, 3.05) is 45.2 Å². The van der Waals surface area contributed by atoms with Crippen LogP contribution in [0.25, 0.3) is 11.3 Å². The van der Waals surface area contributed by atoms with Crippen LogP contribution in [0.5, 0.6) is 0 Å². The van der Waals surface area contributed by atoms with Crippen molar-refractivity contribution in [1.82, 2.24) is 24.9 Å². The first-order valence-electron chi connectivity index (χ1n) is 9.37. The highest BCUT2D eigenvalue weighted by Gasteiger charge is 2.24. The predicted molar refractivity (Wildman–Crippen MR) is 106 cm³/mol. The number of amides is 2. The Morgan fingerprint density at radius 1 is 1.07 bits per heavy atom. The smallest absolute Gasteiger partial charge is 0.319 e. The van der Waals surface area contributed by atoms with E-state index in [0.29, 0.717) is 18.9 Å². The summed E-state index contributed by atoms with van der Waals surface area (Å²) < 4.78 is 5.26. The maximum atomic E-state index is 12.1. The Labute approximate surface area is 161 Å². The molecule has 1 fully saturated rings. The largest absolute Gasteiger partial charge is 0.361 e. The third-order valence-electron chi connectivity index (χ3n) is 4.37. The average molecular weight is 374 g/mol. The number of hydrogen-bond acceptors (Lipinski definition) is 6. The first-order valence-corrected chi connectivity index (χ1v) is 9.37. The van der Waals surface area contributed by atoms with Gasteiger partial charge in [0, 0.05) is 46.3 Å². The summed E-state index contributed by atoms with van der Waals surface area (Å²) in [5.41, 5.74) is 2.57. The second kappa shape index (κ2) is 8.83. The number of nitrogens with zero attached hydrogens (tertiary/aromatic N) is 6. The summed E-state index contributed by atoms with van der Waals surface area (Å²) in [6.07, 6.45) is 0. The molecule has 0 aliphatic carbocycles. The fraction of sp³-hybridized carbons (Fsp3) is 0.579. The molecule has 8 heteroatoms. The zero-order chi connectivity index (χ0) is 20.1. The van der Waals surface area contributed by atoms with Gasteiger partial charge in [-0.3, -0.25) is 0 Å². The normalized spacial score (nSPS) is 13.9. The number of hydrogen-bond donors (Lipinski definition) is 0. The fourth-order valence-electron chi connectivity index (χ4n) is 3.10. The van der Waals surface area contributed by atoms with Gasteiger partial charge in [-0.05, 0) is 20.8 Å². The van der Waals surface area contributed by atoms with Crippen LogP contribution in [-0.4, -0.2) is 71.2 Å². The second-order valence-corrected chi connectivity index (χ2v) is 6.51. The van der Waals surface area contributed by atoms with E-state index in [9.17, 15) is 4.79 Å². The van der Waals surface area contributed by atoms with Crippen LogP contribution in [0.4, 0.5) is 10.6 Å². The van der Waals surface area contributed by atoms with Crippen molar-refractivity contribution in [3.05, 3.63) is 23.3 Å². The molecular weight excluding hydrogens is 344 g/mol. The molecule has 0 spiro atoms. The van der Waals surface area contributed by atoms with Gasteiger partial charge >= 0.3 is 6.03 Å². The van der Waals surface area contributed by atoms with E-state index in [1.54, 1.807) is 19.0 Å². The fourth-order valence-corrected chi connectivity index (χ4v) is 3.10. The lowest BCUT2D eigenvalue weighted by atomic mass is 10.1. The molecule has 0 saturated carbocycles. The summed E-state index contributed by atoms with van der Waals surface area (Å²) in [4.78, 5) is 26.9. The number of aryl methyl sites for hydroxylation is 3. The SMILES string of the molecule is CC.Cc1nc(-c2c(C)noc2C)cc(N2CCN(C(=O)N(C)C)CC2)n1. The highest BCUT2D eigenvalue weighted by atomic mass is 16.5. The van der Waals surface area contributed by atoms with Gasteiger partial charge < -0.3 is 19.2 Å². The molecule has 0 N–H and O–H groups in total. The number of anilines is 1. The van der Waals surface area contributed by atoms with E-state index in [-0.39, 0.29) is 6.03 Å². The van der Waals surface area contributed by atoms with E-state index in [0.717, 1.165) is 41.6 Å². The Bertz CT molecular complexity index is 759. The molecule has 27 heavy (non-hydrogen) atoms. The number of urea groups is 1. The molecule has 0 atom stereocenters. The van der Waals surface area contributed by atoms with Crippen LogP contribution in [0.2, 0.25) is 0 Å². The first-order chi connectivity index (χ1) is 12.9. The monoisotopic (exact) mass is 374 g/mol. The zero-order valence-corrected chi connectivity index (χ0v) is 17.4. The molecule has 0 aromatic carbocycles. The highest BCUT2D eigenvalue weighted by molar-refractivity contribution is 5.74. The van der Waals surface area contributed by atoms with Crippen LogP contribution in [0.3, 0.4) is 0 Å². The van der Waals surface area contributed by atoms with Crippen molar-refractivity contribution in [3.8, 4) is 11.3 Å². The lowest BCUT2D eigenvalue weighted by molar-refractivity contribution is 0.168. The molecule has 148 valence electrons. The van der Waals surface area contributed by atoms with Gasteiger partial charge in [-0.15, -0.1) is 0 Å². The minimum Gasteiger partial charge on any atom is -0.361 e. The molecule has 2 amide bonds. The van der Waals surface area contributed by atoms with Crippen LogP contribution >= 0.6 is 0 Å². The third-order valence-corrected chi connectivity index (χ3v) is 4.37. The number of carbonyl (C=O) groups is 1. The molecule has 0 unspecified atom stereocenters. The Morgan fingerprint density at radius 3 is 2.22 bits per heavy atom. The zero-order valence-electron chi connectivity index (χ0n) is 17.4. The molecule has 1 aliphatic rings. The van der Waals surface area contributed by atoms with Crippen molar-refractivity contribution in [3.63, 3.8) is 0 Å². The van der Waals surface area contributed by atoms with Gasteiger partial charge in [0.1, 0.15) is 17.4 Å². The molecule has 3 rings (SSSR count). The summed E-state index contributed by atoms with van der Waals surface area (Å²) >= 11 is 0. The summed E-state index contributed by atoms with van der Waals surface area (Å²) in [7, 11) is 3.55. The topological polar surface area (TPSA) is 78.6 Å². The van der Waals surface area contributed by atoms with Gasteiger partial charge in [-0.2, -0.15) is 0 Å². The van der Waals surface area contributed by atoms with Crippen LogP contribution < -0.4 is 4.90 Å². The average Bonchev–Trinajstić information content (AvgIpc) is 3.00. The minimum atomic E-state index is 0.0509. The van der Waals surface area contributed by atoms with Crippen molar-refractivity contribution in [2.24, 2.45) is 0 Å². The highest BCUT2D eigenvalue weighted by Crippen LogP contribution is 2.28. The third kappa shape index (κ3) is 4.56. The van der Waals surface area contributed by atoms with Crippen LogP contribution in [0.1, 0.15) is 31.1 Å². The van der Waals surface area contributed by atoms with Crippen molar-refractivity contribution in [2.45, 2.75) is 34.6 Å². The van der Waals surface area contributed by atoms with E-state index in [1.807, 2.05) is 45.6 Å². The molecule has 2 aromatic heterocycles. The molecule has 2 aromatic rings. The van der Waals surface area contributed by atoms with Crippen molar-refractivity contribution in [1.29, 1.82) is 0 Å². The summed E-state index contributed by atoms with van der Waals surface area (Å²) in [5, 5.41) is 4.01. The van der Waals surface area contributed by atoms with E-state index in [2.05, 4.69) is 20.0 Å². The van der Waals surface area contributed by atoms with Gasteiger partial charge in [-0.1, -0.05) is 19.0 Å². The summed E-state index contributed by atoms with van der Waals surface area (Å²) in [6, 6.07) is 2.03. The Balaban J connectivity index is 0.00000126. The molecule has 3 heterocycles. The Hall–Kier alpha value is -2.64. The van der Waals surface area contributed by atoms with Gasteiger partial charge in [0.25, 0.3) is 0 Å². The predicted octanol–water partition coefficient (Wildman–Crippen LogP) is 2.89. The number of rotatable bonds is 2. The van der Waals surface area contributed by atoms with Crippen LogP contribution in [0.15, 0.2) is 10.6 Å². The van der Waals surface area contributed by atoms with E-state index >= 15 is 0 Å². The number of carbonyl (C=O) groups excluding carboxylic acids is 1. The van der Waals surface area contributed by atoms with Crippen LogP contribution in [0, 0.1) is 20.8 Å². The van der Waals surface area contributed by atoms with Gasteiger partial charge in [-0.25, -0.2) is 14.8 Å². The maximum Gasteiger partial charge on any atom is 0.319 e. The van der Waals surface area contributed by atoms with E-state index in [1.165, 1.54) is 0 Å². The van der Waals surface area contributed by atoms with Gasteiger partial charge in [0.2, 0.25) is 0 Å². The van der Waals surface area contributed by atoms with Gasteiger partial charge in [0.05, 0.1) is 17.0 Å². The molecule has 0 radical (unpaired) electrons. The van der Waals surface area contributed by atoms with Crippen molar-refractivity contribution >= 4 is 11.8 Å². The molecular formula is C19H30N6O2.